The van der Waals surface area contributed by atoms with Crippen LogP contribution in [0, 0.1) is 0 Å². The number of nitrogens with one attached hydrogen (secondary N) is 1. The first-order valence-corrected chi connectivity index (χ1v) is 4.45. The normalized spacial score (nSPS) is 10.6. The van der Waals surface area contributed by atoms with E-state index in [1.165, 1.54) is 16.8 Å². The van der Waals surface area contributed by atoms with E-state index in [0.29, 0.717) is 10.1 Å². The fraction of sp³-hybridized carbons (Fsp3) is 0. The number of halogens is 1. The number of nitrogens with two attached hydrogens (primary N) is 1. The van der Waals surface area contributed by atoms with Gasteiger partial charge in [0.05, 0.1) is 4.47 Å². The zero-order chi connectivity index (χ0) is 10.3. The second kappa shape index (κ2) is 2.95. The number of H-pyrrole nitrogens is 1. The van der Waals surface area contributed by atoms with Gasteiger partial charge in [0.1, 0.15) is 5.69 Å². The lowest BCUT2D eigenvalue weighted by Crippen LogP contribution is -2.15. The average Bonchev–Trinajstić information content (AvgIpc) is 2.57. The number of imidazole rings is 1. The van der Waals surface area contributed by atoms with Crippen LogP contribution >= 0.6 is 15.9 Å². The molecule has 72 valence electrons. The van der Waals surface area contributed by atoms with Gasteiger partial charge in [-0.25, -0.2) is 14.2 Å². The zero-order valence-corrected chi connectivity index (χ0v) is 8.41. The van der Waals surface area contributed by atoms with Gasteiger partial charge in [-0.1, -0.05) is 0 Å². The summed E-state index contributed by atoms with van der Waals surface area (Å²) < 4.78 is 1.80. The third-order valence-electron chi connectivity index (χ3n) is 1.71. The van der Waals surface area contributed by atoms with Crippen LogP contribution in [0.4, 0.5) is 0 Å². The monoisotopic (exact) mass is 256 g/mol. The minimum Gasteiger partial charge on any atom is -0.364 e. The van der Waals surface area contributed by atoms with Crippen molar-refractivity contribution >= 4 is 27.5 Å². The Morgan fingerprint density at radius 2 is 2.36 bits per heavy atom. The molecule has 0 radical (unpaired) electrons. The summed E-state index contributed by atoms with van der Waals surface area (Å²) in [4.78, 5) is 28.4. The Kier molecular flexibility index (Phi) is 1.88. The van der Waals surface area contributed by atoms with Crippen molar-refractivity contribution in [1.82, 2.24) is 14.4 Å². The first-order chi connectivity index (χ1) is 6.59. The Labute approximate surface area is 85.9 Å². The van der Waals surface area contributed by atoms with Gasteiger partial charge in [-0.2, -0.15) is 0 Å². The molecule has 0 aliphatic rings. The summed E-state index contributed by atoms with van der Waals surface area (Å²) in [7, 11) is 0. The number of nitrogens with zero attached hydrogens (tertiary/aromatic N) is 2. The highest BCUT2D eigenvalue weighted by molar-refractivity contribution is 9.10. The molecule has 0 aliphatic carbocycles. The number of amides is 1. The predicted molar refractivity (Wildman–Crippen MR) is 52.0 cm³/mol. The Morgan fingerprint density at radius 1 is 1.64 bits per heavy atom. The predicted octanol–water partition coefficient (Wildman–Crippen LogP) is -0.116. The van der Waals surface area contributed by atoms with E-state index in [0.717, 1.165) is 0 Å². The van der Waals surface area contributed by atoms with Gasteiger partial charge in [0, 0.05) is 12.4 Å². The van der Waals surface area contributed by atoms with Crippen molar-refractivity contribution in [3.05, 3.63) is 33.0 Å². The summed E-state index contributed by atoms with van der Waals surface area (Å²) in [5.74, 6) is -0.667. The topological polar surface area (TPSA) is 93.2 Å². The van der Waals surface area contributed by atoms with Crippen LogP contribution in [-0.4, -0.2) is 20.3 Å². The largest absolute Gasteiger partial charge is 0.364 e. The molecule has 2 aromatic rings. The quantitative estimate of drug-likeness (QED) is 0.745. The molecule has 7 heteroatoms. The van der Waals surface area contributed by atoms with E-state index < -0.39 is 5.91 Å². The third kappa shape index (κ3) is 1.22. The highest BCUT2D eigenvalue weighted by Gasteiger charge is 2.10. The van der Waals surface area contributed by atoms with Gasteiger partial charge in [0.25, 0.3) is 5.91 Å². The lowest BCUT2D eigenvalue weighted by Gasteiger charge is -1.92. The van der Waals surface area contributed by atoms with Crippen molar-refractivity contribution in [2.75, 3.05) is 0 Å². The van der Waals surface area contributed by atoms with Crippen LogP contribution in [-0.2, 0) is 0 Å². The van der Waals surface area contributed by atoms with Gasteiger partial charge >= 0.3 is 5.69 Å². The second-order valence-electron chi connectivity index (χ2n) is 2.63. The summed E-state index contributed by atoms with van der Waals surface area (Å²) in [6, 6.07) is 0. The molecular formula is C7H5BrN4O2. The summed E-state index contributed by atoms with van der Waals surface area (Å²) in [6.45, 7) is 0. The Bertz CT molecular complexity index is 571. The molecule has 2 heterocycles. The van der Waals surface area contributed by atoms with Crippen molar-refractivity contribution < 1.29 is 4.79 Å². The number of hydrogen-bond acceptors (Lipinski definition) is 3. The molecule has 0 saturated carbocycles. The van der Waals surface area contributed by atoms with E-state index >= 15 is 0 Å². The van der Waals surface area contributed by atoms with Crippen LogP contribution in [0.5, 0.6) is 0 Å². The van der Waals surface area contributed by atoms with E-state index in [1.807, 2.05) is 0 Å². The van der Waals surface area contributed by atoms with Gasteiger partial charge in [0.2, 0.25) is 0 Å². The SMILES string of the molecule is NC(=O)c1cn2c(=O)[nH]cc(Br)c2n1. The van der Waals surface area contributed by atoms with Crippen molar-refractivity contribution in [3.63, 3.8) is 0 Å². The van der Waals surface area contributed by atoms with Crippen molar-refractivity contribution in [3.8, 4) is 0 Å². The number of carbonyl (C=O) groups is 1. The molecule has 0 unspecified atom stereocenters. The third-order valence-corrected chi connectivity index (χ3v) is 2.30. The van der Waals surface area contributed by atoms with E-state index in [4.69, 9.17) is 5.73 Å². The Balaban J connectivity index is 2.89. The van der Waals surface area contributed by atoms with Gasteiger partial charge in [-0.15, -0.1) is 0 Å². The first-order valence-electron chi connectivity index (χ1n) is 3.65. The van der Waals surface area contributed by atoms with Crippen LogP contribution in [0.15, 0.2) is 21.7 Å². The standard InChI is InChI=1S/C7H5BrN4O2/c8-3-1-10-7(14)12-2-4(5(9)13)11-6(3)12/h1-2H,(H2,9,13)(H,10,14). The molecule has 0 aliphatic heterocycles. The van der Waals surface area contributed by atoms with E-state index in [2.05, 4.69) is 25.9 Å². The number of hydrogen-bond donors (Lipinski definition) is 2. The number of aromatic amines is 1. The molecule has 2 rings (SSSR count). The van der Waals surface area contributed by atoms with E-state index in [9.17, 15) is 9.59 Å². The summed E-state index contributed by atoms with van der Waals surface area (Å²) in [6.07, 6.45) is 2.75. The maximum absolute atomic E-state index is 11.3. The van der Waals surface area contributed by atoms with Crippen molar-refractivity contribution in [1.29, 1.82) is 0 Å². The van der Waals surface area contributed by atoms with Crippen molar-refractivity contribution in [2.24, 2.45) is 5.73 Å². The summed E-state index contributed by atoms with van der Waals surface area (Å²) in [5, 5.41) is 0. The van der Waals surface area contributed by atoms with Crippen molar-refractivity contribution in [2.45, 2.75) is 0 Å². The molecule has 3 N–H and O–H groups in total. The van der Waals surface area contributed by atoms with Gasteiger partial charge < -0.3 is 10.7 Å². The number of aromatic nitrogens is 3. The number of fused-ring (bicyclic) bond motifs is 1. The Morgan fingerprint density at radius 3 is 2.93 bits per heavy atom. The molecule has 2 aromatic heterocycles. The van der Waals surface area contributed by atoms with Crippen LogP contribution < -0.4 is 11.4 Å². The second-order valence-corrected chi connectivity index (χ2v) is 3.48. The number of primary amides is 1. The smallest absolute Gasteiger partial charge is 0.331 e. The fourth-order valence-electron chi connectivity index (χ4n) is 1.08. The molecule has 0 spiro atoms. The van der Waals surface area contributed by atoms with Crippen LogP contribution in [0.1, 0.15) is 10.5 Å². The van der Waals surface area contributed by atoms with Gasteiger partial charge in [0.15, 0.2) is 5.65 Å². The number of rotatable bonds is 1. The Hall–Kier alpha value is -1.63. The lowest BCUT2D eigenvalue weighted by molar-refractivity contribution is 0.0996. The maximum Gasteiger partial charge on any atom is 0.331 e. The van der Waals surface area contributed by atoms with Gasteiger partial charge in [-0.05, 0) is 15.9 Å². The maximum atomic E-state index is 11.3. The molecular weight excluding hydrogens is 252 g/mol. The van der Waals surface area contributed by atoms with Crippen LogP contribution in [0.25, 0.3) is 5.65 Å². The van der Waals surface area contributed by atoms with E-state index in [1.54, 1.807) is 0 Å². The molecule has 0 aromatic carbocycles. The lowest BCUT2D eigenvalue weighted by atomic mass is 10.5. The zero-order valence-electron chi connectivity index (χ0n) is 6.82. The average molecular weight is 257 g/mol. The molecule has 0 bridgehead atoms. The molecule has 14 heavy (non-hydrogen) atoms. The summed E-state index contributed by atoms with van der Waals surface area (Å²) >= 11 is 3.19. The molecule has 6 nitrogen and oxygen atoms in total. The molecule has 0 fully saturated rings. The molecule has 1 amide bonds. The number of carbonyl (C=O) groups excluding carboxylic acids is 1. The van der Waals surface area contributed by atoms with Crippen LogP contribution in [0.3, 0.4) is 0 Å². The van der Waals surface area contributed by atoms with Gasteiger partial charge in [-0.3, -0.25) is 4.79 Å². The highest BCUT2D eigenvalue weighted by atomic mass is 79.9. The fourth-order valence-corrected chi connectivity index (χ4v) is 1.48. The first kappa shape index (κ1) is 8.95. The highest BCUT2D eigenvalue weighted by Crippen LogP contribution is 2.13. The molecule has 0 atom stereocenters. The minimum atomic E-state index is -0.667. The summed E-state index contributed by atoms with van der Waals surface area (Å²) in [5.41, 5.74) is 5.08. The minimum absolute atomic E-state index is 0.0578. The van der Waals surface area contributed by atoms with E-state index in [-0.39, 0.29) is 11.4 Å². The van der Waals surface area contributed by atoms with Crippen LogP contribution in [0.2, 0.25) is 0 Å². The molecule has 0 saturated heterocycles.